The van der Waals surface area contributed by atoms with Crippen molar-refractivity contribution >= 4 is 0 Å². The average molecular weight is 192 g/mol. The third-order valence-electron chi connectivity index (χ3n) is 0.908. The van der Waals surface area contributed by atoms with E-state index >= 15 is 0 Å². The molecule has 0 aromatic carbocycles. The van der Waals surface area contributed by atoms with E-state index in [0.717, 1.165) is 13.2 Å². The first-order valence-electron chi connectivity index (χ1n) is 3.91. The fourth-order valence-electron chi connectivity index (χ4n) is 0.204. The molecule has 0 rings (SSSR count). The van der Waals surface area contributed by atoms with Gasteiger partial charge < -0.3 is 4.74 Å². The highest BCUT2D eigenvalue weighted by molar-refractivity contribution is 4.12. The Morgan fingerprint density at radius 3 is 0.917 bits per heavy atom. The van der Waals surface area contributed by atoms with Gasteiger partial charge in [0.25, 0.3) is 0 Å². The number of rotatable bonds is 3. The van der Waals surface area contributed by atoms with Gasteiger partial charge in [0.1, 0.15) is 0 Å². The molecule has 0 aromatic heterocycles. The van der Waals surface area contributed by atoms with Crippen molar-refractivity contribution in [2.24, 2.45) is 0 Å². The average Bonchev–Trinajstić information content (AvgIpc) is 1.91. The molecule has 0 heterocycles. The molecule has 1 nitrogen and oxygen atoms in total. The smallest absolute Gasteiger partial charge is 0.0437 e. The Morgan fingerprint density at radius 2 is 0.917 bits per heavy atom. The summed E-state index contributed by atoms with van der Waals surface area (Å²) in [5.74, 6) is 0. The van der Waals surface area contributed by atoms with E-state index in [9.17, 15) is 0 Å². The summed E-state index contributed by atoms with van der Waals surface area (Å²) < 4.78 is 4.83. The van der Waals surface area contributed by atoms with Crippen LogP contribution in [0, 0.1) is 0 Å². The summed E-state index contributed by atoms with van der Waals surface area (Å²) in [5, 5.41) is 0. The number of ether oxygens (including phenoxy) is 1. The van der Waals surface area contributed by atoms with Crippen molar-refractivity contribution in [2.75, 3.05) is 13.2 Å². The van der Waals surface area contributed by atoms with E-state index in [1.165, 1.54) is 12.8 Å². The first-order valence-corrected chi connectivity index (χ1v) is 3.91. The van der Waals surface area contributed by atoms with Crippen LogP contribution in [0.3, 0.4) is 0 Å². The Balaban J connectivity index is -0.0000000221. The van der Waals surface area contributed by atoms with Crippen LogP contribution in [0.15, 0.2) is 0 Å². The van der Waals surface area contributed by atoms with Gasteiger partial charge in [0, 0.05) is 13.2 Å². The van der Waals surface area contributed by atoms with E-state index in [4.69, 9.17) is 4.74 Å². The van der Waals surface area contributed by atoms with Crippen LogP contribution in [0.25, 0.3) is 0 Å². The molecule has 0 aromatic rings. The molecule has 0 atom stereocenters. The molecule has 0 saturated heterocycles. The van der Waals surface area contributed by atoms with Crippen molar-refractivity contribution in [3.05, 3.63) is 0 Å². The van der Waals surface area contributed by atoms with Gasteiger partial charge in [0.15, 0.2) is 0 Å². The summed E-state index contributed by atoms with van der Waals surface area (Å²) in [4.78, 5) is 0. The molecule has 0 fully saturated rings. The van der Waals surface area contributed by atoms with Gasteiger partial charge in [-0.3, -0.25) is 14.1 Å². The predicted octanol–water partition coefficient (Wildman–Crippen LogP) is 3.31. The summed E-state index contributed by atoms with van der Waals surface area (Å²) in [5.41, 5.74) is 0. The lowest BCUT2D eigenvalue weighted by Gasteiger charge is -1.86. The third kappa shape index (κ3) is 98.7. The van der Waals surface area contributed by atoms with E-state index in [1.54, 1.807) is 0 Å². The van der Waals surface area contributed by atoms with Gasteiger partial charge in [0.2, 0.25) is 0 Å². The zero-order valence-electron chi connectivity index (χ0n) is 8.46. The van der Waals surface area contributed by atoms with E-state index in [0.29, 0.717) is 0 Å². The second-order valence-electron chi connectivity index (χ2n) is 1.78. The normalized spacial score (nSPS) is 6.00. The summed E-state index contributed by atoms with van der Waals surface area (Å²) in [7, 11) is 0. The molecule has 82 valence electrons. The standard InChI is InChI=1S/C4H10O.C4H10.3FH/c1-3-5-4-2;1-3-4-2;;;/h3-4H2,1-2H3;3-4H2,1-2H3;3*1H. The van der Waals surface area contributed by atoms with Crippen molar-refractivity contribution in [3.8, 4) is 0 Å². The lowest BCUT2D eigenvalue weighted by molar-refractivity contribution is 0.162. The molecule has 4 heteroatoms. The molecule has 0 amide bonds. The van der Waals surface area contributed by atoms with Gasteiger partial charge in [-0.15, -0.1) is 0 Å². The maximum absolute atomic E-state index is 4.83. The minimum absolute atomic E-state index is 0. The predicted molar refractivity (Wildman–Crippen MR) is 50.3 cm³/mol. The Bertz CT molecular complexity index is 33.5. The summed E-state index contributed by atoms with van der Waals surface area (Å²) in [6, 6.07) is 0. The fraction of sp³-hybridized carbons (Fsp3) is 1.00. The first kappa shape index (κ1) is 29.8. The monoisotopic (exact) mass is 192 g/mol. The van der Waals surface area contributed by atoms with Gasteiger partial charge in [0.05, 0.1) is 0 Å². The summed E-state index contributed by atoms with van der Waals surface area (Å²) >= 11 is 0. The molecule has 0 aliphatic heterocycles. The second-order valence-corrected chi connectivity index (χ2v) is 1.78. The van der Waals surface area contributed by atoms with Crippen LogP contribution < -0.4 is 0 Å². The molecule has 0 bridgehead atoms. The number of unbranched alkanes of at least 4 members (excludes halogenated alkanes) is 1. The highest BCUT2D eigenvalue weighted by atomic mass is 19.0. The zero-order chi connectivity index (χ0) is 7.54. The van der Waals surface area contributed by atoms with Crippen LogP contribution in [0.1, 0.15) is 40.5 Å². The molecule has 0 aliphatic rings. The molecule has 0 spiro atoms. The number of hydrogen-bond acceptors (Lipinski definition) is 1. The van der Waals surface area contributed by atoms with E-state index in [2.05, 4.69) is 13.8 Å². The Morgan fingerprint density at radius 1 is 0.667 bits per heavy atom. The maximum Gasteiger partial charge on any atom is 0.0437 e. The summed E-state index contributed by atoms with van der Waals surface area (Å²) in [6.07, 6.45) is 2.64. The van der Waals surface area contributed by atoms with Gasteiger partial charge >= 0.3 is 0 Å². The van der Waals surface area contributed by atoms with E-state index in [1.807, 2.05) is 13.8 Å². The van der Waals surface area contributed by atoms with Crippen LogP contribution in [0.4, 0.5) is 14.1 Å². The number of halogens is 3. The highest BCUT2D eigenvalue weighted by Crippen LogP contribution is 1.76. The van der Waals surface area contributed by atoms with Crippen molar-refractivity contribution in [1.29, 1.82) is 0 Å². The van der Waals surface area contributed by atoms with Crippen molar-refractivity contribution in [2.45, 2.75) is 40.5 Å². The fourth-order valence-corrected chi connectivity index (χ4v) is 0.204. The molecule has 0 radical (unpaired) electrons. The largest absolute Gasteiger partial charge is 0.382 e. The molecule has 0 unspecified atom stereocenters. The molecular formula is C8H23F3O. The molecule has 0 saturated carbocycles. The molecular weight excluding hydrogens is 169 g/mol. The van der Waals surface area contributed by atoms with E-state index in [-0.39, 0.29) is 14.1 Å². The molecule has 12 heavy (non-hydrogen) atoms. The van der Waals surface area contributed by atoms with Crippen LogP contribution in [-0.2, 0) is 4.74 Å². The highest BCUT2D eigenvalue weighted by Gasteiger charge is 1.64. The maximum atomic E-state index is 4.83. The van der Waals surface area contributed by atoms with Gasteiger partial charge in [-0.1, -0.05) is 26.7 Å². The van der Waals surface area contributed by atoms with Crippen molar-refractivity contribution in [3.63, 3.8) is 0 Å². The lowest BCUT2D eigenvalue weighted by Crippen LogP contribution is -1.84. The SMILES string of the molecule is CCCC.CCOCC.F.F.F. The third-order valence-corrected chi connectivity index (χ3v) is 0.908. The topological polar surface area (TPSA) is 9.23 Å². The van der Waals surface area contributed by atoms with Gasteiger partial charge in [-0.25, -0.2) is 0 Å². The van der Waals surface area contributed by atoms with Gasteiger partial charge in [-0.2, -0.15) is 0 Å². The Labute approximate surface area is 73.6 Å². The number of hydrogen-bond donors (Lipinski definition) is 0. The Kier molecular flexibility index (Phi) is 112. The van der Waals surface area contributed by atoms with E-state index < -0.39 is 0 Å². The molecule has 0 N–H and O–H groups in total. The van der Waals surface area contributed by atoms with Crippen molar-refractivity contribution < 1.29 is 18.9 Å². The van der Waals surface area contributed by atoms with Gasteiger partial charge in [-0.05, 0) is 13.8 Å². The molecule has 0 aliphatic carbocycles. The first-order chi connectivity index (χ1) is 4.33. The zero-order valence-corrected chi connectivity index (χ0v) is 8.46. The summed E-state index contributed by atoms with van der Waals surface area (Å²) in [6.45, 7) is 10.0. The van der Waals surface area contributed by atoms with Crippen LogP contribution in [0.5, 0.6) is 0 Å². The van der Waals surface area contributed by atoms with Crippen LogP contribution in [0.2, 0.25) is 0 Å². The Hall–Kier alpha value is -0.250. The second kappa shape index (κ2) is 45.3. The quantitative estimate of drug-likeness (QED) is 0.666. The van der Waals surface area contributed by atoms with Crippen LogP contribution in [-0.4, -0.2) is 13.2 Å². The minimum Gasteiger partial charge on any atom is -0.382 e. The minimum atomic E-state index is 0. The lowest BCUT2D eigenvalue weighted by atomic mass is 10.4. The van der Waals surface area contributed by atoms with Crippen molar-refractivity contribution in [1.82, 2.24) is 0 Å². The van der Waals surface area contributed by atoms with Crippen LogP contribution >= 0.6 is 0 Å².